The lowest BCUT2D eigenvalue weighted by Gasteiger charge is -2.07. The van der Waals surface area contributed by atoms with Gasteiger partial charge in [-0.15, -0.1) is 0 Å². The van der Waals surface area contributed by atoms with E-state index in [0.717, 1.165) is 0 Å². The van der Waals surface area contributed by atoms with Crippen LogP contribution in [0.5, 0.6) is 0 Å². The molecule has 1 rings (SSSR count). The number of hydrogen-bond donors (Lipinski definition) is 1. The Hall–Kier alpha value is -0.0200. The van der Waals surface area contributed by atoms with Crippen LogP contribution in [0, 0.1) is 0 Å². The van der Waals surface area contributed by atoms with E-state index in [1.165, 1.54) is 18.5 Å². The van der Waals surface area contributed by atoms with Crippen LogP contribution in [0.4, 0.5) is 0 Å². The molecule has 0 aliphatic heterocycles. The summed E-state index contributed by atoms with van der Waals surface area (Å²) in [6.45, 7) is 0.0916. The highest BCUT2D eigenvalue weighted by Gasteiger charge is 2.18. The quantitative estimate of drug-likeness (QED) is 0.798. The third kappa shape index (κ3) is 4.63. The van der Waals surface area contributed by atoms with Crippen molar-refractivity contribution in [1.29, 1.82) is 0 Å². The molecular weight excluding hydrogens is 352 g/mol. The molecule has 0 spiro atoms. The fourth-order valence-electron chi connectivity index (χ4n) is 0.990. The molecule has 1 aromatic heterocycles. The summed E-state index contributed by atoms with van der Waals surface area (Å²) in [6, 6.07) is 1.36. The second-order valence-corrected chi connectivity index (χ2v) is 7.68. The van der Waals surface area contributed by atoms with Gasteiger partial charge < -0.3 is 0 Å². The van der Waals surface area contributed by atoms with Crippen molar-refractivity contribution in [3.8, 4) is 0 Å². The van der Waals surface area contributed by atoms with Crippen LogP contribution in [0.3, 0.4) is 0 Å². The minimum Gasteiger partial charge on any atom is -0.260 e. The maximum atomic E-state index is 11.8. The average Bonchev–Trinajstić information content (AvgIpc) is 2.20. The third-order valence-corrected chi connectivity index (χ3v) is 4.84. The van der Waals surface area contributed by atoms with Crippen molar-refractivity contribution in [2.24, 2.45) is 0 Å². The molecule has 0 amide bonds. The lowest BCUT2D eigenvalue weighted by Crippen LogP contribution is -2.28. The molecule has 0 fully saturated rings. The van der Waals surface area contributed by atoms with Crippen molar-refractivity contribution in [3.63, 3.8) is 0 Å². The third-order valence-electron chi connectivity index (χ3n) is 1.74. The van der Waals surface area contributed by atoms with Gasteiger partial charge in [-0.25, -0.2) is 18.1 Å². The van der Waals surface area contributed by atoms with Crippen molar-refractivity contribution in [2.45, 2.75) is 4.90 Å². The Morgan fingerprint density at radius 2 is 2.24 bits per heavy atom. The standard InChI is InChI=1S/C8H10BrClN2O3S2/c1-16(13)3-2-12-17(14,15)7-4-6(9)5-11-8(7)10/h4-5,12H,2-3H2,1H3. The summed E-state index contributed by atoms with van der Waals surface area (Å²) in [5.41, 5.74) is 0. The number of halogens is 2. The summed E-state index contributed by atoms with van der Waals surface area (Å²) in [5, 5.41) is -0.0988. The molecule has 96 valence electrons. The maximum Gasteiger partial charge on any atom is 0.243 e. The molecule has 0 bridgehead atoms. The lowest BCUT2D eigenvalue weighted by atomic mass is 10.5. The fraction of sp³-hybridized carbons (Fsp3) is 0.375. The maximum absolute atomic E-state index is 11.8. The Labute approximate surface area is 116 Å². The van der Waals surface area contributed by atoms with E-state index < -0.39 is 20.8 Å². The highest BCUT2D eigenvalue weighted by atomic mass is 79.9. The minimum atomic E-state index is -3.72. The van der Waals surface area contributed by atoms with Gasteiger partial charge in [0, 0.05) is 40.0 Å². The summed E-state index contributed by atoms with van der Waals surface area (Å²) < 4.78 is 37.3. The van der Waals surface area contributed by atoms with Gasteiger partial charge in [0.05, 0.1) is 0 Å². The monoisotopic (exact) mass is 360 g/mol. The number of nitrogens with one attached hydrogen (secondary N) is 1. The SMILES string of the molecule is CS(=O)CCNS(=O)(=O)c1cc(Br)cnc1Cl. The van der Waals surface area contributed by atoms with E-state index in [1.807, 2.05) is 0 Å². The molecule has 1 heterocycles. The Bertz CT molecular complexity index is 536. The zero-order chi connectivity index (χ0) is 13.1. The first-order valence-corrected chi connectivity index (χ1v) is 8.82. The Morgan fingerprint density at radius 3 is 2.82 bits per heavy atom. The average molecular weight is 362 g/mol. The molecule has 1 N–H and O–H groups in total. The number of pyridine rings is 1. The fourth-order valence-corrected chi connectivity index (χ4v) is 3.48. The van der Waals surface area contributed by atoms with Crippen LogP contribution in [-0.4, -0.2) is 36.2 Å². The van der Waals surface area contributed by atoms with Crippen molar-refractivity contribution in [3.05, 3.63) is 21.9 Å². The van der Waals surface area contributed by atoms with Gasteiger partial charge in [-0.3, -0.25) is 4.21 Å². The van der Waals surface area contributed by atoms with Crippen LogP contribution in [0.2, 0.25) is 5.15 Å². The van der Waals surface area contributed by atoms with Crippen molar-refractivity contribution in [1.82, 2.24) is 9.71 Å². The molecule has 0 aliphatic carbocycles. The van der Waals surface area contributed by atoms with Crippen molar-refractivity contribution < 1.29 is 12.6 Å². The molecule has 1 unspecified atom stereocenters. The highest BCUT2D eigenvalue weighted by Crippen LogP contribution is 2.22. The van der Waals surface area contributed by atoms with E-state index in [9.17, 15) is 12.6 Å². The molecule has 17 heavy (non-hydrogen) atoms. The summed E-state index contributed by atoms with van der Waals surface area (Å²) in [6.07, 6.45) is 2.91. The van der Waals surface area contributed by atoms with Gasteiger partial charge >= 0.3 is 0 Å². The van der Waals surface area contributed by atoms with E-state index in [-0.39, 0.29) is 22.3 Å². The summed E-state index contributed by atoms with van der Waals surface area (Å²) in [7, 11) is -4.77. The van der Waals surface area contributed by atoms with Gasteiger partial charge in [0.15, 0.2) is 0 Å². The number of sulfonamides is 1. The summed E-state index contributed by atoms with van der Waals surface area (Å²) in [4.78, 5) is 3.63. The van der Waals surface area contributed by atoms with Gasteiger partial charge in [-0.1, -0.05) is 11.6 Å². The van der Waals surface area contributed by atoms with Crippen LogP contribution in [-0.2, 0) is 20.8 Å². The number of hydrogen-bond acceptors (Lipinski definition) is 4. The van der Waals surface area contributed by atoms with Crippen LogP contribution < -0.4 is 4.72 Å². The molecule has 5 nitrogen and oxygen atoms in total. The topological polar surface area (TPSA) is 76.1 Å². The molecule has 0 aromatic carbocycles. The molecule has 0 saturated carbocycles. The Kier molecular flexibility index (Phi) is 5.52. The van der Waals surface area contributed by atoms with Crippen LogP contribution in [0.1, 0.15) is 0 Å². The van der Waals surface area contributed by atoms with Crippen LogP contribution in [0.25, 0.3) is 0 Å². The van der Waals surface area contributed by atoms with Crippen molar-refractivity contribution >= 4 is 48.4 Å². The molecule has 1 atom stereocenters. The normalized spacial score (nSPS) is 13.6. The van der Waals surface area contributed by atoms with Gasteiger partial charge in [0.25, 0.3) is 0 Å². The number of nitrogens with zero attached hydrogens (tertiary/aromatic N) is 1. The Balaban J connectivity index is 2.89. The second kappa shape index (κ2) is 6.24. The minimum absolute atomic E-state index is 0.0916. The zero-order valence-corrected chi connectivity index (χ0v) is 12.8. The second-order valence-electron chi connectivity index (χ2n) is 3.12. The zero-order valence-electron chi connectivity index (χ0n) is 8.81. The summed E-state index contributed by atoms with van der Waals surface area (Å²) in [5.74, 6) is 0.248. The highest BCUT2D eigenvalue weighted by molar-refractivity contribution is 9.10. The van der Waals surface area contributed by atoms with Gasteiger partial charge in [-0.05, 0) is 22.0 Å². The van der Waals surface area contributed by atoms with E-state index in [1.54, 1.807) is 0 Å². The van der Waals surface area contributed by atoms with E-state index in [0.29, 0.717) is 4.47 Å². The molecule has 1 aromatic rings. The smallest absolute Gasteiger partial charge is 0.243 e. The van der Waals surface area contributed by atoms with Gasteiger partial charge in [0.1, 0.15) is 10.0 Å². The molecule has 9 heteroatoms. The van der Waals surface area contributed by atoms with Crippen LogP contribution >= 0.6 is 27.5 Å². The van der Waals surface area contributed by atoms with Crippen molar-refractivity contribution in [2.75, 3.05) is 18.6 Å². The van der Waals surface area contributed by atoms with Crippen LogP contribution in [0.15, 0.2) is 21.6 Å². The molecule has 0 radical (unpaired) electrons. The summed E-state index contributed by atoms with van der Waals surface area (Å²) >= 11 is 8.83. The predicted molar refractivity (Wildman–Crippen MR) is 71.1 cm³/mol. The molecule has 0 saturated heterocycles. The van der Waals surface area contributed by atoms with E-state index in [2.05, 4.69) is 25.6 Å². The first-order chi connectivity index (χ1) is 7.83. The Morgan fingerprint density at radius 1 is 1.59 bits per heavy atom. The van der Waals surface area contributed by atoms with E-state index >= 15 is 0 Å². The predicted octanol–water partition coefficient (Wildman–Crippen LogP) is 1.15. The molecular formula is C8H10BrClN2O3S2. The largest absolute Gasteiger partial charge is 0.260 e. The molecule has 0 aliphatic rings. The lowest BCUT2D eigenvalue weighted by molar-refractivity contribution is 0.583. The van der Waals surface area contributed by atoms with Gasteiger partial charge in [0.2, 0.25) is 10.0 Å². The first kappa shape index (κ1) is 15.0. The number of rotatable bonds is 5. The number of aromatic nitrogens is 1. The first-order valence-electron chi connectivity index (χ1n) is 4.43. The van der Waals surface area contributed by atoms with E-state index in [4.69, 9.17) is 11.6 Å². The van der Waals surface area contributed by atoms with Gasteiger partial charge in [-0.2, -0.15) is 0 Å².